The molecule has 13 N–H and O–H groups in total. The van der Waals surface area contributed by atoms with Crippen molar-refractivity contribution in [3.8, 4) is 0 Å². The Morgan fingerprint density at radius 3 is 1.74 bits per heavy atom. The van der Waals surface area contributed by atoms with Crippen LogP contribution in [0.25, 0.3) is 0 Å². The van der Waals surface area contributed by atoms with E-state index >= 15 is 0 Å². The largest absolute Gasteiger partial charge is 0.463 e. The fourth-order valence-corrected chi connectivity index (χ4v) is 16.2. The van der Waals surface area contributed by atoms with E-state index in [-0.39, 0.29) is 34.5 Å². The highest BCUT2D eigenvalue weighted by Crippen LogP contribution is 2.76. The van der Waals surface area contributed by atoms with Gasteiger partial charge in [-0.3, -0.25) is 4.79 Å². The number of esters is 1. The van der Waals surface area contributed by atoms with Crippen molar-refractivity contribution in [3.63, 3.8) is 0 Å². The molecule has 8 fully saturated rings. The Kier molecular flexibility index (Phi) is 19.0. The van der Waals surface area contributed by atoms with Gasteiger partial charge in [-0.05, 0) is 124 Å². The lowest BCUT2D eigenvalue weighted by Crippen LogP contribution is -2.68. The standard InChI is InChI=1S/C55H92O23/c1-24(2)11-10-15-55(9,78-49-45(69)41(65)39(63)31(75-49)23-71-47-43(67)37(61)29(21-57)72-47)26-12-17-54(8)35(26)27(59)19-33-52(6)16-14-34(51(4,5)32(52)13-18-53(33,54)7)76-50-46(42(66)36(60)28(20-56)73-50)77-48-44(68)40(64)38(62)30(74-48)22-70-25(3)58/h11,26-50,56-57,59-69H,10,12-23H2,1-9H3/t26-,27+,28+,29-,30+,31+,32-,33+,34-,35-,36+,37-,38+,39+,40-,41-,42-,43+,44+,45+,46+,47+,48-,49-,50-,52-,53+,54+,55?/m0/s1. The minimum atomic E-state index is -1.85. The van der Waals surface area contributed by atoms with E-state index in [0.717, 1.165) is 31.8 Å². The van der Waals surface area contributed by atoms with Gasteiger partial charge < -0.3 is 109 Å². The third kappa shape index (κ3) is 11.2. The lowest BCUT2D eigenvalue weighted by atomic mass is 9.35. The van der Waals surface area contributed by atoms with Gasteiger partial charge in [0.15, 0.2) is 25.2 Å². The van der Waals surface area contributed by atoms with Gasteiger partial charge in [-0.2, -0.15) is 0 Å². The molecule has 4 heterocycles. The summed E-state index contributed by atoms with van der Waals surface area (Å²) in [5.41, 5.74) is -1.55. The lowest BCUT2D eigenvalue weighted by molar-refractivity contribution is -0.378. The molecule has 0 spiro atoms. The van der Waals surface area contributed by atoms with Gasteiger partial charge in [0, 0.05) is 6.92 Å². The first kappa shape index (κ1) is 62.4. The molecule has 0 aromatic heterocycles. The van der Waals surface area contributed by atoms with Crippen LogP contribution < -0.4 is 0 Å². The number of hydrogen-bond donors (Lipinski definition) is 13. The fourth-order valence-electron chi connectivity index (χ4n) is 16.2. The summed E-state index contributed by atoms with van der Waals surface area (Å²) in [4.78, 5) is 11.6. The maximum absolute atomic E-state index is 12.9. The van der Waals surface area contributed by atoms with Crippen molar-refractivity contribution in [3.05, 3.63) is 11.6 Å². The number of rotatable bonds is 17. The average Bonchev–Trinajstić information content (AvgIpc) is 3.97. The van der Waals surface area contributed by atoms with Gasteiger partial charge in [-0.25, -0.2) is 0 Å². The zero-order chi connectivity index (χ0) is 57.4. The summed E-state index contributed by atoms with van der Waals surface area (Å²) in [7, 11) is 0. The summed E-state index contributed by atoms with van der Waals surface area (Å²) in [6.07, 6.45) is -22.6. The predicted octanol–water partition coefficient (Wildman–Crippen LogP) is -0.993. The van der Waals surface area contributed by atoms with Crippen molar-refractivity contribution in [1.29, 1.82) is 0 Å². The normalized spacial score (nSPS) is 50.9. The van der Waals surface area contributed by atoms with Crippen LogP contribution in [-0.4, -0.2) is 233 Å². The van der Waals surface area contributed by atoms with Crippen molar-refractivity contribution in [2.45, 2.75) is 255 Å². The molecule has 4 aliphatic carbocycles. The summed E-state index contributed by atoms with van der Waals surface area (Å²) in [6, 6.07) is 0. The number of hydrogen-bond acceptors (Lipinski definition) is 23. The van der Waals surface area contributed by atoms with Crippen LogP contribution in [0.5, 0.6) is 0 Å². The van der Waals surface area contributed by atoms with Crippen LogP contribution in [0.15, 0.2) is 11.6 Å². The first-order valence-corrected chi connectivity index (χ1v) is 28.2. The van der Waals surface area contributed by atoms with Crippen LogP contribution in [0.1, 0.15) is 120 Å². The zero-order valence-corrected chi connectivity index (χ0v) is 46.6. The van der Waals surface area contributed by atoms with Gasteiger partial charge in [0.25, 0.3) is 0 Å². The highest BCUT2D eigenvalue weighted by atomic mass is 16.8. The minimum Gasteiger partial charge on any atom is -0.463 e. The molecule has 78 heavy (non-hydrogen) atoms. The maximum Gasteiger partial charge on any atom is 0.302 e. The Hall–Kier alpha value is -1.63. The first-order chi connectivity index (χ1) is 36.5. The van der Waals surface area contributed by atoms with Crippen LogP contribution in [0.2, 0.25) is 0 Å². The zero-order valence-electron chi connectivity index (χ0n) is 46.6. The Morgan fingerprint density at radius 2 is 1.13 bits per heavy atom. The maximum atomic E-state index is 12.9. The van der Waals surface area contributed by atoms with E-state index in [0.29, 0.717) is 38.5 Å². The summed E-state index contributed by atoms with van der Waals surface area (Å²) >= 11 is 0. The number of aliphatic hydroxyl groups excluding tert-OH is 13. The van der Waals surface area contributed by atoms with Crippen LogP contribution in [0, 0.1) is 45.3 Å². The van der Waals surface area contributed by atoms with Crippen LogP contribution in [0.4, 0.5) is 0 Å². The van der Waals surface area contributed by atoms with Crippen LogP contribution in [-0.2, 0) is 47.4 Å². The molecule has 0 bridgehead atoms. The minimum absolute atomic E-state index is 0.0339. The number of ether oxygens (including phenoxy) is 9. The van der Waals surface area contributed by atoms with Gasteiger partial charge in [0.2, 0.25) is 0 Å². The topological polar surface area (TPSA) is 363 Å². The van der Waals surface area contributed by atoms with Gasteiger partial charge in [-0.1, -0.05) is 46.3 Å². The molecule has 450 valence electrons. The molecule has 23 heteroatoms. The molecule has 8 rings (SSSR count). The van der Waals surface area contributed by atoms with Crippen molar-refractivity contribution in [1.82, 2.24) is 0 Å². The lowest BCUT2D eigenvalue weighted by Gasteiger charge is -2.71. The van der Waals surface area contributed by atoms with Crippen molar-refractivity contribution in [2.24, 2.45) is 45.3 Å². The van der Waals surface area contributed by atoms with Gasteiger partial charge in [0.05, 0.1) is 37.6 Å². The molecular weight excluding hydrogens is 1030 g/mol. The molecule has 0 aromatic rings. The SMILES string of the molecule is CC(=O)OC[C@H]1O[C@@H](O[C@H]2[C@H](O[C@H]3CC[C@]4(C)[C@H]5C[C@@H](O)[C@@H]6[C@@H](C(C)(CCC=C(C)C)O[C@@H]7O[C@H](CO[C@@H]8O[C@@H](CO)[C@H](O)[C@H]8O)[C@@H](O)[C@H](O)[C@H]7O)CC[C@@]6(C)[C@]5(C)CC[C@H]4C3(C)C)O[C@H](CO)[C@@H](O)[C@@H]2O)[C@H](O)[C@@H](O)[C@@H]1O. The van der Waals surface area contributed by atoms with Gasteiger partial charge in [-0.15, -0.1) is 0 Å². The van der Waals surface area contributed by atoms with Crippen molar-refractivity contribution in [2.75, 3.05) is 26.4 Å². The van der Waals surface area contributed by atoms with Gasteiger partial charge >= 0.3 is 5.97 Å². The molecule has 0 amide bonds. The molecule has 8 aliphatic rings. The smallest absolute Gasteiger partial charge is 0.302 e. The van der Waals surface area contributed by atoms with E-state index in [1.54, 1.807) is 0 Å². The molecular formula is C55H92O23. The predicted molar refractivity (Wildman–Crippen MR) is 270 cm³/mol. The Morgan fingerprint density at radius 1 is 0.590 bits per heavy atom. The summed E-state index contributed by atoms with van der Waals surface area (Å²) in [5.74, 6) is -1.12. The molecule has 1 unspecified atom stereocenters. The molecule has 23 nitrogen and oxygen atoms in total. The molecule has 0 aromatic carbocycles. The second-order valence-electron chi connectivity index (χ2n) is 25.9. The second kappa shape index (κ2) is 23.8. The van der Waals surface area contributed by atoms with E-state index in [9.17, 15) is 71.2 Å². The van der Waals surface area contributed by atoms with E-state index in [2.05, 4.69) is 40.7 Å². The van der Waals surface area contributed by atoms with E-state index in [4.69, 9.17) is 42.6 Å². The highest BCUT2D eigenvalue weighted by Gasteiger charge is 2.72. The highest BCUT2D eigenvalue weighted by molar-refractivity contribution is 5.65. The first-order valence-electron chi connectivity index (χ1n) is 28.2. The fraction of sp³-hybridized carbons (Fsp3) is 0.945. The third-order valence-corrected chi connectivity index (χ3v) is 20.8. The number of aliphatic hydroxyl groups is 13. The number of fused-ring (bicyclic) bond motifs is 5. The van der Waals surface area contributed by atoms with E-state index in [1.807, 2.05) is 20.8 Å². The Labute approximate surface area is 456 Å². The van der Waals surface area contributed by atoms with E-state index < -0.39 is 178 Å². The van der Waals surface area contributed by atoms with Crippen LogP contribution in [0.3, 0.4) is 0 Å². The molecule has 4 saturated heterocycles. The number of carbonyl (C=O) groups is 1. The second-order valence-corrected chi connectivity index (χ2v) is 25.9. The summed E-state index contributed by atoms with van der Waals surface area (Å²) < 4.78 is 54.2. The molecule has 0 radical (unpaired) electrons. The Bertz CT molecular complexity index is 2060. The molecule has 4 aliphatic heterocycles. The van der Waals surface area contributed by atoms with Gasteiger partial charge in [0.1, 0.15) is 98.2 Å². The molecule has 4 saturated carbocycles. The quantitative estimate of drug-likeness (QED) is 0.0472. The van der Waals surface area contributed by atoms with E-state index in [1.165, 1.54) is 0 Å². The molecule has 29 atom stereocenters. The van der Waals surface area contributed by atoms with Crippen LogP contribution >= 0.6 is 0 Å². The van der Waals surface area contributed by atoms with Crippen molar-refractivity contribution < 1.29 is 114 Å². The summed E-state index contributed by atoms with van der Waals surface area (Å²) in [5, 5.41) is 142. The monoisotopic (exact) mass is 1120 g/mol. The number of allylic oxidation sites excluding steroid dienone is 2. The Balaban J connectivity index is 1.01. The average molecular weight is 1120 g/mol. The van der Waals surface area contributed by atoms with Crippen molar-refractivity contribution >= 4 is 5.97 Å². The summed E-state index contributed by atoms with van der Waals surface area (Å²) in [6.45, 7) is 16.2. The third-order valence-electron chi connectivity index (χ3n) is 20.8. The number of carbonyl (C=O) groups excluding carboxylic acids is 1.